The van der Waals surface area contributed by atoms with Crippen LogP contribution in [0.1, 0.15) is 49.8 Å². The van der Waals surface area contributed by atoms with E-state index in [1.165, 1.54) is 12.8 Å². The van der Waals surface area contributed by atoms with Crippen LogP contribution in [0.4, 0.5) is 0 Å². The molecule has 1 atom stereocenters. The summed E-state index contributed by atoms with van der Waals surface area (Å²) in [6, 6.07) is 5.92. The van der Waals surface area contributed by atoms with E-state index in [1.807, 2.05) is 25.1 Å². The number of carbonyl (C=O) groups excluding carboxylic acids is 1. The number of rotatable bonds is 5. The van der Waals surface area contributed by atoms with Crippen molar-refractivity contribution in [1.29, 1.82) is 0 Å². The van der Waals surface area contributed by atoms with Crippen molar-refractivity contribution in [2.75, 3.05) is 6.61 Å². The minimum atomic E-state index is -0.608. The molecule has 1 saturated carbocycles. The highest BCUT2D eigenvalue weighted by Crippen LogP contribution is 2.26. The summed E-state index contributed by atoms with van der Waals surface area (Å²) < 4.78 is 5.58. The summed E-state index contributed by atoms with van der Waals surface area (Å²) in [5.41, 5.74) is 1.75. The summed E-state index contributed by atoms with van der Waals surface area (Å²) in [6.07, 6.45) is 3.90. The number of carbonyl (C=O) groups is 1. The number of aryl methyl sites for hydroxylation is 1. The molecule has 2 rings (SSSR count). The third kappa shape index (κ3) is 3.97. The molecule has 1 aliphatic rings. The second-order valence-corrected chi connectivity index (χ2v) is 5.55. The number of ether oxygens (including phenoxy) is 1. The second kappa shape index (κ2) is 6.75. The first kappa shape index (κ1) is 14.9. The molecule has 1 aromatic carbocycles. The van der Waals surface area contributed by atoms with E-state index in [1.54, 1.807) is 6.92 Å². The zero-order valence-corrected chi connectivity index (χ0v) is 12.2. The van der Waals surface area contributed by atoms with Crippen molar-refractivity contribution in [3.63, 3.8) is 0 Å². The Morgan fingerprint density at radius 2 is 2.15 bits per heavy atom. The fourth-order valence-electron chi connectivity index (χ4n) is 2.59. The molecule has 1 aliphatic carbocycles. The Hall–Kier alpha value is -1.55. The van der Waals surface area contributed by atoms with Crippen molar-refractivity contribution in [3.05, 3.63) is 29.3 Å². The summed E-state index contributed by atoms with van der Waals surface area (Å²) in [5.74, 6) is 0.497. The highest BCUT2D eigenvalue weighted by Gasteiger charge is 2.18. The maximum atomic E-state index is 11.8. The lowest BCUT2D eigenvalue weighted by Crippen LogP contribution is -2.36. The Kier molecular flexibility index (Phi) is 5.01. The Morgan fingerprint density at radius 3 is 2.80 bits per heavy atom. The molecule has 0 unspecified atom stereocenters. The highest BCUT2D eigenvalue weighted by atomic mass is 16.5. The molecule has 0 aliphatic heterocycles. The number of aliphatic hydroxyl groups excluding tert-OH is 1. The second-order valence-electron chi connectivity index (χ2n) is 5.55. The number of aliphatic hydroxyl groups is 1. The van der Waals surface area contributed by atoms with E-state index in [0.29, 0.717) is 17.4 Å². The minimum Gasteiger partial charge on any atom is -0.483 e. The maximum Gasteiger partial charge on any atom is 0.258 e. The van der Waals surface area contributed by atoms with Crippen LogP contribution >= 0.6 is 0 Å². The average Bonchev–Trinajstić information content (AvgIpc) is 2.89. The van der Waals surface area contributed by atoms with E-state index >= 15 is 0 Å². The first-order chi connectivity index (χ1) is 9.56. The normalized spacial score (nSPS) is 16.9. The first-order valence-electron chi connectivity index (χ1n) is 7.27. The molecule has 2 N–H and O–H groups in total. The van der Waals surface area contributed by atoms with Crippen LogP contribution in [0.25, 0.3) is 0 Å². The van der Waals surface area contributed by atoms with Gasteiger partial charge in [0, 0.05) is 11.6 Å². The van der Waals surface area contributed by atoms with Crippen molar-refractivity contribution in [2.24, 2.45) is 0 Å². The number of benzene rings is 1. The fourth-order valence-corrected chi connectivity index (χ4v) is 2.59. The average molecular weight is 277 g/mol. The Bertz CT molecular complexity index is 465. The molecule has 20 heavy (non-hydrogen) atoms. The van der Waals surface area contributed by atoms with Crippen LogP contribution in [0.2, 0.25) is 0 Å². The van der Waals surface area contributed by atoms with Gasteiger partial charge in [-0.3, -0.25) is 4.79 Å². The number of hydrogen-bond acceptors (Lipinski definition) is 3. The minimum absolute atomic E-state index is 0.000324. The van der Waals surface area contributed by atoms with Gasteiger partial charge in [0.25, 0.3) is 5.91 Å². The monoisotopic (exact) mass is 277 g/mol. The van der Waals surface area contributed by atoms with Crippen LogP contribution in [-0.2, 0) is 4.79 Å². The Morgan fingerprint density at radius 1 is 1.45 bits per heavy atom. The molecule has 110 valence electrons. The van der Waals surface area contributed by atoms with Crippen LogP contribution in [0, 0.1) is 6.92 Å². The molecule has 0 saturated heterocycles. The van der Waals surface area contributed by atoms with Crippen molar-refractivity contribution in [1.82, 2.24) is 5.32 Å². The lowest BCUT2D eigenvalue weighted by atomic mass is 10.1. The van der Waals surface area contributed by atoms with Crippen molar-refractivity contribution >= 4 is 5.91 Å². The van der Waals surface area contributed by atoms with Crippen molar-refractivity contribution in [2.45, 2.75) is 51.7 Å². The summed E-state index contributed by atoms with van der Waals surface area (Å²) in [4.78, 5) is 11.8. The standard InChI is InChI=1S/C16H23NO3/c1-11-7-8-14(12(2)18)15(9-11)20-10-16(19)17-13-5-3-4-6-13/h7-9,12-13,18H,3-6,10H2,1-2H3,(H,17,19)/t12-/m0/s1. The van der Waals surface area contributed by atoms with Gasteiger partial charge in [0.05, 0.1) is 6.10 Å². The predicted octanol–water partition coefficient (Wildman–Crippen LogP) is 2.49. The molecule has 0 radical (unpaired) electrons. The fraction of sp³-hybridized carbons (Fsp3) is 0.562. The molecular weight excluding hydrogens is 254 g/mol. The zero-order chi connectivity index (χ0) is 14.5. The predicted molar refractivity (Wildman–Crippen MR) is 77.7 cm³/mol. The highest BCUT2D eigenvalue weighted by molar-refractivity contribution is 5.77. The molecule has 1 fully saturated rings. The third-order valence-electron chi connectivity index (χ3n) is 3.70. The van der Waals surface area contributed by atoms with Crippen LogP contribution < -0.4 is 10.1 Å². The van der Waals surface area contributed by atoms with Gasteiger partial charge in [-0.1, -0.05) is 25.0 Å². The van der Waals surface area contributed by atoms with Gasteiger partial charge in [-0.15, -0.1) is 0 Å². The lowest BCUT2D eigenvalue weighted by Gasteiger charge is -2.16. The van der Waals surface area contributed by atoms with Gasteiger partial charge in [0.2, 0.25) is 0 Å². The summed E-state index contributed by atoms with van der Waals surface area (Å²) >= 11 is 0. The molecule has 0 aromatic heterocycles. The van der Waals surface area contributed by atoms with E-state index in [9.17, 15) is 9.90 Å². The van der Waals surface area contributed by atoms with Crippen LogP contribution in [-0.4, -0.2) is 23.7 Å². The molecule has 0 heterocycles. The lowest BCUT2D eigenvalue weighted by molar-refractivity contribution is -0.123. The SMILES string of the molecule is Cc1ccc([C@H](C)O)c(OCC(=O)NC2CCCC2)c1. The van der Waals surface area contributed by atoms with Crippen molar-refractivity contribution in [3.8, 4) is 5.75 Å². The molecule has 1 amide bonds. The molecule has 1 aromatic rings. The Labute approximate surface area is 120 Å². The van der Waals surface area contributed by atoms with Crippen LogP contribution in [0.15, 0.2) is 18.2 Å². The topological polar surface area (TPSA) is 58.6 Å². The molecular formula is C16H23NO3. The summed E-state index contributed by atoms with van der Waals surface area (Å²) in [5, 5.41) is 12.7. The van der Waals surface area contributed by atoms with Gasteiger partial charge in [-0.2, -0.15) is 0 Å². The quantitative estimate of drug-likeness (QED) is 0.869. The number of nitrogens with one attached hydrogen (secondary N) is 1. The van der Waals surface area contributed by atoms with Crippen LogP contribution in [0.5, 0.6) is 5.75 Å². The van der Waals surface area contributed by atoms with Gasteiger partial charge in [-0.25, -0.2) is 0 Å². The Balaban J connectivity index is 1.92. The zero-order valence-electron chi connectivity index (χ0n) is 12.2. The van der Waals surface area contributed by atoms with Gasteiger partial charge in [0.1, 0.15) is 5.75 Å². The maximum absolute atomic E-state index is 11.8. The third-order valence-corrected chi connectivity index (χ3v) is 3.70. The van der Waals surface area contributed by atoms with E-state index in [4.69, 9.17) is 4.74 Å². The molecule has 4 nitrogen and oxygen atoms in total. The van der Waals surface area contributed by atoms with E-state index in [0.717, 1.165) is 18.4 Å². The van der Waals surface area contributed by atoms with E-state index < -0.39 is 6.10 Å². The van der Waals surface area contributed by atoms with Gasteiger partial charge in [0.15, 0.2) is 6.61 Å². The first-order valence-corrected chi connectivity index (χ1v) is 7.27. The van der Waals surface area contributed by atoms with Crippen molar-refractivity contribution < 1.29 is 14.6 Å². The van der Waals surface area contributed by atoms with E-state index in [2.05, 4.69) is 5.32 Å². The smallest absolute Gasteiger partial charge is 0.258 e. The number of hydrogen-bond donors (Lipinski definition) is 2. The molecule has 0 bridgehead atoms. The molecule has 0 spiro atoms. The largest absolute Gasteiger partial charge is 0.483 e. The molecule has 4 heteroatoms. The van der Waals surface area contributed by atoms with Gasteiger partial charge < -0.3 is 15.2 Å². The summed E-state index contributed by atoms with van der Waals surface area (Å²) in [6.45, 7) is 3.65. The number of amides is 1. The van der Waals surface area contributed by atoms with Gasteiger partial charge in [-0.05, 0) is 38.3 Å². The van der Waals surface area contributed by atoms with Crippen LogP contribution in [0.3, 0.4) is 0 Å². The summed E-state index contributed by atoms with van der Waals surface area (Å²) in [7, 11) is 0. The van der Waals surface area contributed by atoms with Gasteiger partial charge >= 0.3 is 0 Å². The van der Waals surface area contributed by atoms with E-state index in [-0.39, 0.29) is 12.5 Å².